The maximum absolute atomic E-state index is 14.2. The van der Waals surface area contributed by atoms with E-state index >= 15 is 0 Å². The third kappa shape index (κ3) is 2.74. The molecule has 1 unspecified atom stereocenters. The highest BCUT2D eigenvalue weighted by Crippen LogP contribution is 2.42. The van der Waals surface area contributed by atoms with Crippen molar-refractivity contribution in [3.8, 4) is 5.75 Å². The second-order valence-electron chi connectivity index (χ2n) is 7.16. The topological polar surface area (TPSA) is 68.0 Å². The number of aliphatic hydroxyl groups excluding tert-OH is 1. The van der Waals surface area contributed by atoms with Crippen LogP contribution < -0.4 is 10.5 Å². The van der Waals surface area contributed by atoms with E-state index in [2.05, 4.69) is 0 Å². The molecule has 0 amide bonds. The lowest BCUT2D eigenvalue weighted by molar-refractivity contribution is 0.149. The van der Waals surface area contributed by atoms with Crippen molar-refractivity contribution in [1.82, 2.24) is 0 Å². The molecule has 0 aromatic heterocycles. The summed E-state index contributed by atoms with van der Waals surface area (Å²) in [6.45, 7) is 0. The summed E-state index contributed by atoms with van der Waals surface area (Å²) < 4.78 is 52.1. The SMILES string of the molecule is N[C@H]1Cc2c(ccc3cc([C@@H]4OC4O)ccc23)O[C@@H]1c1cc(F)c(F)cc1F. The van der Waals surface area contributed by atoms with Gasteiger partial charge in [-0.3, -0.25) is 0 Å². The van der Waals surface area contributed by atoms with E-state index in [9.17, 15) is 18.3 Å². The van der Waals surface area contributed by atoms with Crippen LogP contribution in [0.3, 0.4) is 0 Å². The maximum atomic E-state index is 14.2. The van der Waals surface area contributed by atoms with Crippen molar-refractivity contribution in [2.24, 2.45) is 5.73 Å². The Morgan fingerprint density at radius 3 is 2.43 bits per heavy atom. The molecule has 0 spiro atoms. The molecule has 3 aromatic rings. The molecule has 2 aliphatic rings. The van der Waals surface area contributed by atoms with Gasteiger partial charge in [-0.25, -0.2) is 13.2 Å². The van der Waals surface area contributed by atoms with Crippen LogP contribution in [-0.2, 0) is 11.2 Å². The van der Waals surface area contributed by atoms with Crippen molar-refractivity contribution in [3.05, 3.63) is 76.6 Å². The molecule has 1 saturated heterocycles. The van der Waals surface area contributed by atoms with Gasteiger partial charge < -0.3 is 20.3 Å². The van der Waals surface area contributed by atoms with Gasteiger partial charge in [0.25, 0.3) is 0 Å². The molecule has 4 atom stereocenters. The third-order valence-electron chi connectivity index (χ3n) is 5.34. The summed E-state index contributed by atoms with van der Waals surface area (Å²) in [7, 11) is 0. The van der Waals surface area contributed by atoms with Crippen molar-refractivity contribution in [2.45, 2.75) is 31.0 Å². The van der Waals surface area contributed by atoms with Gasteiger partial charge in [0.2, 0.25) is 0 Å². The summed E-state index contributed by atoms with van der Waals surface area (Å²) >= 11 is 0. The summed E-state index contributed by atoms with van der Waals surface area (Å²) in [6.07, 6.45) is -1.61. The molecule has 2 heterocycles. The maximum Gasteiger partial charge on any atom is 0.186 e. The molecule has 5 rings (SSSR count). The average Bonchev–Trinajstić information content (AvgIpc) is 3.40. The predicted octanol–water partition coefficient (Wildman–Crippen LogP) is 3.65. The first-order valence-electron chi connectivity index (χ1n) is 8.88. The Labute approximate surface area is 158 Å². The molecule has 144 valence electrons. The molecule has 0 bridgehead atoms. The Bertz CT molecular complexity index is 1100. The molecule has 0 radical (unpaired) electrons. The van der Waals surface area contributed by atoms with Gasteiger partial charge in [0, 0.05) is 17.2 Å². The quantitative estimate of drug-likeness (QED) is 0.520. The van der Waals surface area contributed by atoms with Crippen LogP contribution in [0.2, 0.25) is 0 Å². The predicted molar refractivity (Wildman–Crippen MR) is 95.1 cm³/mol. The molecule has 3 N–H and O–H groups in total. The van der Waals surface area contributed by atoms with Crippen LogP contribution in [0.15, 0.2) is 42.5 Å². The van der Waals surface area contributed by atoms with E-state index < -0.39 is 35.9 Å². The molecule has 4 nitrogen and oxygen atoms in total. The molecular formula is C21H16F3NO3. The summed E-state index contributed by atoms with van der Waals surface area (Å²) in [4.78, 5) is 0. The number of rotatable bonds is 2. The highest BCUT2D eigenvalue weighted by molar-refractivity contribution is 5.89. The Morgan fingerprint density at radius 1 is 0.929 bits per heavy atom. The van der Waals surface area contributed by atoms with Gasteiger partial charge in [0.05, 0.1) is 6.04 Å². The fourth-order valence-corrected chi connectivity index (χ4v) is 3.86. The molecule has 7 heteroatoms. The van der Waals surface area contributed by atoms with Gasteiger partial charge in [-0.1, -0.05) is 18.2 Å². The first-order valence-corrected chi connectivity index (χ1v) is 8.88. The molecule has 28 heavy (non-hydrogen) atoms. The number of fused-ring (bicyclic) bond motifs is 3. The number of hydrogen-bond donors (Lipinski definition) is 2. The lowest BCUT2D eigenvalue weighted by Crippen LogP contribution is -2.38. The Hall–Kier alpha value is -2.61. The largest absolute Gasteiger partial charge is 0.484 e. The molecule has 0 aliphatic carbocycles. The Kier molecular flexibility index (Phi) is 3.87. The average molecular weight is 387 g/mol. The first kappa shape index (κ1) is 17.5. The fourth-order valence-electron chi connectivity index (χ4n) is 3.86. The minimum absolute atomic E-state index is 0.104. The monoisotopic (exact) mass is 387 g/mol. The van der Waals surface area contributed by atoms with E-state index in [1.54, 1.807) is 6.07 Å². The van der Waals surface area contributed by atoms with Crippen LogP contribution in [0.25, 0.3) is 10.8 Å². The summed E-state index contributed by atoms with van der Waals surface area (Å²) in [5.74, 6) is -2.76. The van der Waals surface area contributed by atoms with E-state index in [-0.39, 0.29) is 11.7 Å². The zero-order chi connectivity index (χ0) is 19.6. The standard InChI is InChI=1S/C21H16F3NO3/c22-14-8-16(24)15(23)6-13(14)20-17(25)7-12-11-3-1-10(19-21(26)28-19)5-9(11)2-4-18(12)27-20/h1-6,8,17,19-21,26H,7,25H2/t17-,19-,20+,21?/m0/s1. The second kappa shape index (κ2) is 6.20. The van der Waals surface area contributed by atoms with Crippen molar-refractivity contribution in [2.75, 3.05) is 0 Å². The van der Waals surface area contributed by atoms with Crippen molar-refractivity contribution >= 4 is 10.8 Å². The number of nitrogens with two attached hydrogens (primary N) is 1. The van der Waals surface area contributed by atoms with Gasteiger partial charge in [-0.2, -0.15) is 0 Å². The lowest BCUT2D eigenvalue weighted by Gasteiger charge is -2.32. The van der Waals surface area contributed by atoms with Crippen LogP contribution in [0.5, 0.6) is 5.75 Å². The minimum Gasteiger partial charge on any atom is -0.484 e. The normalized spacial score (nSPS) is 26.0. The number of benzene rings is 3. The summed E-state index contributed by atoms with van der Waals surface area (Å²) in [5, 5.41) is 11.3. The highest BCUT2D eigenvalue weighted by atomic mass is 19.2. The Morgan fingerprint density at radius 2 is 1.68 bits per heavy atom. The van der Waals surface area contributed by atoms with E-state index in [1.165, 1.54) is 0 Å². The molecule has 3 aromatic carbocycles. The van der Waals surface area contributed by atoms with Crippen molar-refractivity contribution in [1.29, 1.82) is 0 Å². The molecular weight excluding hydrogens is 371 g/mol. The first-order chi connectivity index (χ1) is 13.4. The van der Waals surface area contributed by atoms with Crippen LogP contribution >= 0.6 is 0 Å². The summed E-state index contributed by atoms with van der Waals surface area (Å²) in [5.41, 5.74) is 7.86. The second-order valence-corrected chi connectivity index (χ2v) is 7.16. The van der Waals surface area contributed by atoms with Gasteiger partial charge in [0.15, 0.2) is 17.9 Å². The van der Waals surface area contributed by atoms with E-state index in [0.717, 1.165) is 28.0 Å². The van der Waals surface area contributed by atoms with Crippen LogP contribution in [0.4, 0.5) is 13.2 Å². The van der Waals surface area contributed by atoms with Crippen LogP contribution in [0.1, 0.15) is 28.9 Å². The molecule has 0 saturated carbocycles. The lowest BCUT2D eigenvalue weighted by atomic mass is 9.89. The van der Waals surface area contributed by atoms with Gasteiger partial charge in [-0.05, 0) is 41.0 Å². The summed E-state index contributed by atoms with van der Waals surface area (Å²) in [6, 6.07) is 9.99. The number of hydrogen-bond acceptors (Lipinski definition) is 4. The zero-order valence-electron chi connectivity index (χ0n) is 14.5. The van der Waals surface area contributed by atoms with Crippen molar-refractivity contribution < 1.29 is 27.8 Å². The number of aliphatic hydroxyl groups is 1. The van der Waals surface area contributed by atoms with Gasteiger partial charge in [-0.15, -0.1) is 0 Å². The smallest absolute Gasteiger partial charge is 0.186 e. The van der Waals surface area contributed by atoms with Crippen molar-refractivity contribution in [3.63, 3.8) is 0 Å². The van der Waals surface area contributed by atoms with E-state index in [0.29, 0.717) is 18.2 Å². The number of epoxide rings is 1. The van der Waals surface area contributed by atoms with E-state index in [4.69, 9.17) is 15.2 Å². The molecule has 2 aliphatic heterocycles. The van der Waals surface area contributed by atoms with Crippen LogP contribution in [-0.4, -0.2) is 17.4 Å². The zero-order valence-corrected chi connectivity index (χ0v) is 14.5. The van der Waals surface area contributed by atoms with Gasteiger partial charge >= 0.3 is 0 Å². The van der Waals surface area contributed by atoms with Crippen LogP contribution in [0, 0.1) is 17.5 Å². The van der Waals surface area contributed by atoms with E-state index in [1.807, 2.05) is 24.3 Å². The minimum atomic E-state index is -1.25. The van der Waals surface area contributed by atoms with Gasteiger partial charge in [0.1, 0.15) is 23.8 Å². The third-order valence-corrected chi connectivity index (χ3v) is 5.34. The fraction of sp³-hybridized carbons (Fsp3) is 0.238. The number of ether oxygens (including phenoxy) is 2. The number of halogens is 3. The molecule has 1 fully saturated rings. The Balaban J connectivity index is 1.53. The highest BCUT2D eigenvalue weighted by Gasteiger charge is 2.38.